The van der Waals surface area contributed by atoms with Crippen LogP contribution in [0.5, 0.6) is 0 Å². The second kappa shape index (κ2) is 7.15. The number of nitrogens with zero attached hydrogens (tertiary/aromatic N) is 1. The lowest BCUT2D eigenvalue weighted by atomic mass is 9.76. The largest absolute Gasteiger partial charge is 0.370 e. The molecule has 164 valence electrons. The van der Waals surface area contributed by atoms with Crippen LogP contribution in [0.4, 0.5) is 5.69 Å². The van der Waals surface area contributed by atoms with Gasteiger partial charge >= 0.3 is 0 Å². The van der Waals surface area contributed by atoms with E-state index in [2.05, 4.69) is 10.6 Å². The summed E-state index contributed by atoms with van der Waals surface area (Å²) in [6, 6.07) is 11.9. The molecule has 0 bridgehead atoms. The molecule has 2 aromatic carbocycles. The van der Waals surface area contributed by atoms with Crippen molar-refractivity contribution in [2.24, 2.45) is 17.6 Å². The molecule has 3 heterocycles. The van der Waals surface area contributed by atoms with E-state index in [0.717, 1.165) is 11.1 Å². The zero-order valence-corrected chi connectivity index (χ0v) is 18.0. The van der Waals surface area contributed by atoms with Crippen LogP contribution in [-0.4, -0.2) is 34.6 Å². The highest BCUT2D eigenvalue weighted by atomic mass is 35.5. The second-order valence-electron chi connectivity index (χ2n) is 8.60. The molecule has 0 radical (unpaired) electrons. The summed E-state index contributed by atoms with van der Waals surface area (Å²) in [7, 11) is 0. The third kappa shape index (κ3) is 2.79. The van der Waals surface area contributed by atoms with Gasteiger partial charge in [-0.3, -0.25) is 29.4 Å². The Hall–Kier alpha value is -3.23. The summed E-state index contributed by atoms with van der Waals surface area (Å²) in [6.45, 7) is 1.92. The second-order valence-corrected chi connectivity index (χ2v) is 9.01. The topological polar surface area (TPSA) is 122 Å². The van der Waals surface area contributed by atoms with Crippen LogP contribution in [0.3, 0.4) is 0 Å². The van der Waals surface area contributed by atoms with Gasteiger partial charge < -0.3 is 11.1 Å². The number of hydrogen-bond donors (Lipinski definition) is 3. The number of imide groups is 1. The first kappa shape index (κ1) is 20.7. The van der Waals surface area contributed by atoms with E-state index in [1.165, 1.54) is 4.90 Å². The first-order chi connectivity index (χ1) is 15.2. The molecule has 0 aromatic heterocycles. The summed E-state index contributed by atoms with van der Waals surface area (Å²) in [6.07, 6.45) is -0.177. The van der Waals surface area contributed by atoms with Crippen molar-refractivity contribution in [3.63, 3.8) is 0 Å². The molecule has 8 nitrogen and oxygen atoms in total. The van der Waals surface area contributed by atoms with Crippen molar-refractivity contribution in [3.05, 3.63) is 64.2 Å². The van der Waals surface area contributed by atoms with Crippen LogP contribution in [0.15, 0.2) is 42.5 Å². The number of fused-ring (bicyclic) bond motifs is 4. The van der Waals surface area contributed by atoms with E-state index in [1.54, 1.807) is 12.1 Å². The number of carbonyl (C=O) groups is 4. The van der Waals surface area contributed by atoms with Gasteiger partial charge in [0.05, 0.1) is 29.1 Å². The Morgan fingerprint density at radius 2 is 1.88 bits per heavy atom. The predicted octanol–water partition coefficient (Wildman–Crippen LogP) is 1.44. The lowest BCUT2D eigenvalue weighted by Gasteiger charge is -2.29. The first-order valence-electron chi connectivity index (χ1n) is 10.3. The fourth-order valence-corrected chi connectivity index (χ4v) is 5.69. The monoisotopic (exact) mass is 452 g/mol. The third-order valence-electron chi connectivity index (χ3n) is 6.62. The Bertz CT molecular complexity index is 1180. The summed E-state index contributed by atoms with van der Waals surface area (Å²) in [5, 5.41) is 6.29. The van der Waals surface area contributed by atoms with E-state index in [-0.39, 0.29) is 13.0 Å². The standard InChI is InChI=1S/C23H21ClN4O4/c1-11-7-13-19(14(24)8-11)26-22(32)23(13)18-17(15(27-23)9-16(25)29)20(30)28(21(18)31)10-12-5-3-2-4-6-12/h2-8,15,17-18,27H,9-10H2,1H3,(H2,25,29)(H,26,32)/t15-,17+,18+,23-/m0/s1. The molecule has 4 N–H and O–H groups in total. The van der Waals surface area contributed by atoms with Crippen molar-refractivity contribution < 1.29 is 19.2 Å². The molecule has 0 saturated carbocycles. The first-order valence-corrected chi connectivity index (χ1v) is 10.7. The van der Waals surface area contributed by atoms with Crippen LogP contribution in [0.1, 0.15) is 23.1 Å². The third-order valence-corrected chi connectivity index (χ3v) is 6.91. The Labute approximate surface area is 189 Å². The Morgan fingerprint density at radius 1 is 1.16 bits per heavy atom. The number of primary amides is 1. The lowest BCUT2D eigenvalue weighted by Crippen LogP contribution is -2.53. The van der Waals surface area contributed by atoms with Gasteiger partial charge in [-0.1, -0.05) is 48.0 Å². The normalized spacial score (nSPS) is 28.2. The van der Waals surface area contributed by atoms with Crippen LogP contribution >= 0.6 is 11.6 Å². The van der Waals surface area contributed by atoms with Crippen molar-refractivity contribution in [1.29, 1.82) is 0 Å². The average molecular weight is 453 g/mol. The van der Waals surface area contributed by atoms with E-state index >= 15 is 0 Å². The fourth-order valence-electron chi connectivity index (χ4n) is 5.37. The van der Waals surface area contributed by atoms with Crippen molar-refractivity contribution in [2.75, 3.05) is 5.32 Å². The Kier molecular flexibility index (Phi) is 4.61. The highest BCUT2D eigenvalue weighted by Crippen LogP contribution is 2.54. The smallest absolute Gasteiger partial charge is 0.250 e. The molecule has 2 fully saturated rings. The van der Waals surface area contributed by atoms with Crippen LogP contribution < -0.4 is 16.4 Å². The molecule has 2 aromatic rings. The fraction of sp³-hybridized carbons (Fsp3) is 0.304. The minimum Gasteiger partial charge on any atom is -0.370 e. The van der Waals surface area contributed by atoms with Crippen LogP contribution in [0.25, 0.3) is 0 Å². The molecular formula is C23H21ClN4O4. The quantitative estimate of drug-likeness (QED) is 0.606. The highest BCUT2D eigenvalue weighted by molar-refractivity contribution is 6.35. The number of nitrogens with one attached hydrogen (secondary N) is 2. The lowest BCUT2D eigenvalue weighted by molar-refractivity contribution is -0.143. The van der Waals surface area contributed by atoms with Gasteiger partial charge in [-0.05, 0) is 24.1 Å². The number of likely N-dealkylation sites (tertiary alicyclic amines) is 1. The average Bonchev–Trinajstić information content (AvgIpc) is 3.30. The van der Waals surface area contributed by atoms with Crippen molar-refractivity contribution in [1.82, 2.24) is 10.2 Å². The number of hydrogen-bond acceptors (Lipinski definition) is 5. The Balaban J connectivity index is 1.64. The molecule has 0 aliphatic carbocycles. The van der Waals surface area contributed by atoms with E-state index in [1.807, 2.05) is 37.3 Å². The SMILES string of the molecule is Cc1cc(Cl)c2c(c1)[C@@]1(N[C@@H](CC(N)=O)[C@H]3C(=O)N(Cc4ccccc4)C(=O)[C@@H]31)C(=O)N2. The number of carbonyl (C=O) groups excluding carboxylic acids is 4. The van der Waals surface area contributed by atoms with E-state index in [9.17, 15) is 19.2 Å². The van der Waals surface area contributed by atoms with E-state index < -0.39 is 47.0 Å². The summed E-state index contributed by atoms with van der Waals surface area (Å²) < 4.78 is 0. The molecule has 1 spiro atoms. The zero-order chi connectivity index (χ0) is 22.8. The van der Waals surface area contributed by atoms with Crippen molar-refractivity contribution >= 4 is 40.9 Å². The molecule has 32 heavy (non-hydrogen) atoms. The maximum Gasteiger partial charge on any atom is 0.250 e. The van der Waals surface area contributed by atoms with Gasteiger partial charge in [0.1, 0.15) is 5.54 Å². The van der Waals surface area contributed by atoms with Crippen LogP contribution in [0.2, 0.25) is 5.02 Å². The predicted molar refractivity (Wildman–Crippen MR) is 116 cm³/mol. The summed E-state index contributed by atoms with van der Waals surface area (Å²) in [5.41, 5.74) is 6.46. The summed E-state index contributed by atoms with van der Waals surface area (Å²) >= 11 is 6.39. The van der Waals surface area contributed by atoms with Crippen molar-refractivity contribution in [3.8, 4) is 0 Å². The maximum atomic E-state index is 13.7. The molecule has 3 aliphatic rings. The van der Waals surface area contributed by atoms with E-state index in [0.29, 0.717) is 16.3 Å². The molecule has 3 aliphatic heterocycles. The Morgan fingerprint density at radius 3 is 2.56 bits per heavy atom. The minimum atomic E-state index is -1.51. The number of benzene rings is 2. The summed E-state index contributed by atoms with van der Waals surface area (Å²) in [4.78, 5) is 53.5. The van der Waals surface area contributed by atoms with E-state index in [4.69, 9.17) is 17.3 Å². The van der Waals surface area contributed by atoms with Crippen LogP contribution in [-0.2, 0) is 31.3 Å². The minimum absolute atomic E-state index is 0.0912. The van der Waals surface area contributed by atoms with Gasteiger partial charge in [0.2, 0.25) is 23.6 Å². The van der Waals surface area contributed by atoms with Gasteiger partial charge in [0.25, 0.3) is 0 Å². The molecular weight excluding hydrogens is 432 g/mol. The molecule has 9 heteroatoms. The van der Waals surface area contributed by atoms with Gasteiger partial charge in [-0.15, -0.1) is 0 Å². The number of aryl methyl sites for hydroxylation is 1. The highest BCUT2D eigenvalue weighted by Gasteiger charge is 2.70. The van der Waals surface area contributed by atoms with Gasteiger partial charge in [-0.2, -0.15) is 0 Å². The number of halogens is 1. The zero-order valence-electron chi connectivity index (χ0n) is 17.2. The summed E-state index contributed by atoms with van der Waals surface area (Å²) in [5.74, 6) is -3.87. The maximum absolute atomic E-state index is 13.7. The van der Waals surface area contributed by atoms with Crippen molar-refractivity contribution in [2.45, 2.75) is 31.5 Å². The van der Waals surface area contributed by atoms with Gasteiger partial charge in [-0.25, -0.2) is 0 Å². The number of nitrogens with two attached hydrogens (primary N) is 1. The molecule has 2 saturated heterocycles. The molecule has 4 atom stereocenters. The van der Waals surface area contributed by atoms with Crippen LogP contribution in [0, 0.1) is 18.8 Å². The number of rotatable bonds is 4. The molecule has 5 rings (SSSR count). The molecule has 0 unspecified atom stereocenters. The number of anilines is 1. The number of amides is 4. The van der Waals surface area contributed by atoms with Gasteiger partial charge in [0.15, 0.2) is 0 Å². The van der Waals surface area contributed by atoms with Gasteiger partial charge in [0, 0.05) is 18.0 Å². The molecule has 4 amide bonds.